The van der Waals surface area contributed by atoms with Crippen molar-refractivity contribution in [2.75, 3.05) is 0 Å². The van der Waals surface area contributed by atoms with Crippen LogP contribution in [0, 0.1) is 6.20 Å². The lowest BCUT2D eigenvalue weighted by Crippen LogP contribution is -1.75. The van der Waals surface area contributed by atoms with Crippen LogP contribution in [0.1, 0.15) is 1.43 Å². The quantitative estimate of drug-likeness (QED) is 0.540. The smallest absolute Gasteiger partial charge is 0.264 e. The maximum atomic E-state index is 3.97. The number of aromatic nitrogens is 2. The predicted molar refractivity (Wildman–Crippen MR) is 39.5 cm³/mol. The molecule has 0 bridgehead atoms. The number of nitrogens with zero attached hydrogens (tertiary/aromatic N) is 2. The molecule has 0 spiro atoms. The Bertz CT molecular complexity index is 283. The van der Waals surface area contributed by atoms with Gasteiger partial charge in [-0.3, -0.25) is 9.97 Å². The van der Waals surface area contributed by atoms with Crippen molar-refractivity contribution >= 4 is 10.8 Å². The Labute approximate surface area is 60.0 Å². The summed E-state index contributed by atoms with van der Waals surface area (Å²) in [5, 5.41) is 2.09. The van der Waals surface area contributed by atoms with Gasteiger partial charge in [-0.15, -0.1) is 0 Å². The number of rotatable bonds is 0. The average Bonchev–Trinajstić information content (AvgIpc) is 2.05. The molecule has 0 aliphatic heterocycles. The molecule has 0 unspecified atom stereocenters. The summed E-state index contributed by atoms with van der Waals surface area (Å²) in [4.78, 5) is 7.83. The van der Waals surface area contributed by atoms with Crippen LogP contribution >= 0.6 is 0 Å². The first-order valence-electron chi connectivity index (χ1n) is 3.03. The lowest BCUT2D eigenvalue weighted by atomic mass is 10.2. The van der Waals surface area contributed by atoms with Crippen LogP contribution in [0.5, 0.6) is 0 Å². The van der Waals surface area contributed by atoms with Crippen LogP contribution in [0.4, 0.5) is 0 Å². The van der Waals surface area contributed by atoms with Gasteiger partial charge in [0, 0.05) is 29.4 Å². The molecular weight excluding hydrogens is 124 g/mol. The zero-order valence-electron chi connectivity index (χ0n) is 6.28. The van der Waals surface area contributed by atoms with Crippen LogP contribution < -0.4 is 0 Å². The number of hydrogen-bond acceptors (Lipinski definition) is 2. The third-order valence-corrected chi connectivity index (χ3v) is 1.37. The van der Waals surface area contributed by atoms with Gasteiger partial charge in [0.25, 0.3) is 0 Å². The Morgan fingerprint density at radius 3 is 3.20 bits per heavy atom. The number of fused-ring (bicyclic) bond motifs is 1. The maximum absolute atomic E-state index is 3.97. The van der Waals surface area contributed by atoms with Crippen LogP contribution in [0.25, 0.3) is 10.8 Å². The van der Waals surface area contributed by atoms with E-state index in [9.17, 15) is 0 Å². The highest BCUT2D eigenvalue weighted by Crippen LogP contribution is 2.06. The van der Waals surface area contributed by atoms with Gasteiger partial charge in [0.1, 0.15) is 0 Å². The molecule has 2 aromatic rings. The van der Waals surface area contributed by atoms with Crippen molar-refractivity contribution in [2.24, 2.45) is 0 Å². The Hall–Kier alpha value is -1.44. The van der Waals surface area contributed by atoms with Crippen molar-refractivity contribution in [1.29, 1.82) is 0 Å². The fourth-order valence-corrected chi connectivity index (χ4v) is 0.866. The average molecular weight is 130 g/mol. The summed E-state index contributed by atoms with van der Waals surface area (Å²) in [7, 11) is 0. The second-order valence-corrected chi connectivity index (χ2v) is 2.02. The minimum atomic E-state index is 0. The fourth-order valence-electron chi connectivity index (χ4n) is 0.866. The van der Waals surface area contributed by atoms with Crippen molar-refractivity contribution in [1.82, 2.24) is 9.97 Å². The lowest BCUT2D eigenvalue weighted by molar-refractivity contribution is 1.31. The SMILES string of the molecule is [H+].[c]1nccc2cnccc12. The standard InChI is InChI=1S/C8H5N2/c1-3-9-6-8-2-4-10-5-7(1)8/h1-5H/p+1. The van der Waals surface area contributed by atoms with E-state index in [2.05, 4.69) is 16.2 Å². The lowest BCUT2D eigenvalue weighted by Gasteiger charge is -1.90. The molecule has 2 rings (SSSR count). The fraction of sp³-hybridized carbons (Fsp3) is 0. The molecule has 0 atom stereocenters. The second kappa shape index (κ2) is 2.06. The molecule has 0 aromatic carbocycles. The Balaban J connectivity index is 0.000000605. The van der Waals surface area contributed by atoms with Gasteiger partial charge in [-0.1, -0.05) is 0 Å². The molecular formula is C8H6N2+. The summed E-state index contributed by atoms with van der Waals surface area (Å²) in [6.07, 6.45) is 8.11. The molecule has 2 heterocycles. The van der Waals surface area contributed by atoms with E-state index in [1.54, 1.807) is 18.6 Å². The number of pyridine rings is 2. The molecule has 1 radical (unpaired) electrons. The first-order chi connectivity index (χ1) is 4.97. The van der Waals surface area contributed by atoms with Gasteiger partial charge in [0.2, 0.25) is 0 Å². The van der Waals surface area contributed by atoms with Crippen molar-refractivity contribution in [2.45, 2.75) is 0 Å². The molecule has 0 aliphatic carbocycles. The van der Waals surface area contributed by atoms with Crippen LogP contribution in [0.2, 0.25) is 0 Å². The summed E-state index contributed by atoms with van der Waals surface area (Å²) >= 11 is 0. The topological polar surface area (TPSA) is 25.8 Å². The van der Waals surface area contributed by atoms with Crippen LogP contribution in [0.3, 0.4) is 0 Å². The van der Waals surface area contributed by atoms with Gasteiger partial charge in [0.15, 0.2) is 0 Å². The minimum Gasteiger partial charge on any atom is -0.264 e. The van der Waals surface area contributed by atoms with E-state index in [4.69, 9.17) is 0 Å². The molecule has 0 saturated carbocycles. The Morgan fingerprint density at radius 1 is 1.30 bits per heavy atom. The molecule has 0 saturated heterocycles. The third kappa shape index (κ3) is 0.739. The summed E-state index contributed by atoms with van der Waals surface area (Å²) < 4.78 is 0. The Morgan fingerprint density at radius 2 is 2.30 bits per heavy atom. The van der Waals surface area contributed by atoms with E-state index in [0.29, 0.717) is 0 Å². The predicted octanol–water partition coefficient (Wildman–Crippen LogP) is 1.54. The van der Waals surface area contributed by atoms with Gasteiger partial charge in [-0.25, -0.2) is 0 Å². The highest BCUT2D eigenvalue weighted by molar-refractivity contribution is 5.79. The van der Waals surface area contributed by atoms with Crippen molar-refractivity contribution < 1.29 is 1.43 Å². The first kappa shape index (κ1) is 5.35. The monoisotopic (exact) mass is 130 g/mol. The number of hydrogen-bond donors (Lipinski definition) is 0. The second-order valence-electron chi connectivity index (χ2n) is 2.02. The molecule has 2 heteroatoms. The van der Waals surface area contributed by atoms with Crippen molar-refractivity contribution in [3.63, 3.8) is 0 Å². The zero-order chi connectivity index (χ0) is 6.81. The van der Waals surface area contributed by atoms with Gasteiger partial charge in [-0.2, -0.15) is 0 Å². The molecule has 47 valence electrons. The summed E-state index contributed by atoms with van der Waals surface area (Å²) in [6, 6.07) is 3.81. The van der Waals surface area contributed by atoms with E-state index in [0.717, 1.165) is 10.8 Å². The molecule has 2 nitrogen and oxygen atoms in total. The molecule has 10 heavy (non-hydrogen) atoms. The van der Waals surface area contributed by atoms with E-state index in [1.165, 1.54) is 0 Å². The maximum Gasteiger partial charge on any atom is 1.00 e. The zero-order valence-corrected chi connectivity index (χ0v) is 5.28. The Kier molecular flexibility index (Phi) is 1.10. The van der Waals surface area contributed by atoms with Crippen LogP contribution in [-0.4, -0.2) is 9.97 Å². The van der Waals surface area contributed by atoms with E-state index >= 15 is 0 Å². The summed E-state index contributed by atoms with van der Waals surface area (Å²) in [5.74, 6) is 0. The van der Waals surface area contributed by atoms with Crippen molar-refractivity contribution in [3.05, 3.63) is 36.9 Å². The highest BCUT2D eigenvalue weighted by atomic mass is 14.6. The highest BCUT2D eigenvalue weighted by Gasteiger charge is 1.87. The van der Waals surface area contributed by atoms with E-state index in [1.807, 2.05) is 12.1 Å². The van der Waals surface area contributed by atoms with Gasteiger partial charge in [-0.05, 0) is 12.1 Å². The van der Waals surface area contributed by atoms with Crippen LogP contribution in [0.15, 0.2) is 30.7 Å². The van der Waals surface area contributed by atoms with Crippen LogP contribution in [-0.2, 0) is 0 Å². The largest absolute Gasteiger partial charge is 1.00 e. The minimum absolute atomic E-state index is 0. The molecule has 2 aromatic heterocycles. The van der Waals surface area contributed by atoms with Crippen molar-refractivity contribution in [3.8, 4) is 0 Å². The molecule has 0 aliphatic rings. The first-order valence-corrected chi connectivity index (χ1v) is 3.03. The van der Waals surface area contributed by atoms with E-state index < -0.39 is 0 Å². The molecule has 0 amide bonds. The van der Waals surface area contributed by atoms with Gasteiger partial charge >= 0.3 is 1.43 Å². The molecule has 0 fully saturated rings. The third-order valence-electron chi connectivity index (χ3n) is 1.37. The van der Waals surface area contributed by atoms with Gasteiger partial charge in [0.05, 0.1) is 6.20 Å². The molecule has 0 N–H and O–H groups in total. The van der Waals surface area contributed by atoms with Gasteiger partial charge < -0.3 is 0 Å². The summed E-state index contributed by atoms with van der Waals surface area (Å²) in [6.45, 7) is 0. The summed E-state index contributed by atoms with van der Waals surface area (Å²) in [5.41, 5.74) is 0. The van der Waals surface area contributed by atoms with E-state index in [-0.39, 0.29) is 1.43 Å². The normalized spacial score (nSPS) is 10.0.